The van der Waals surface area contributed by atoms with Gasteiger partial charge in [0.15, 0.2) is 0 Å². The molecule has 0 heterocycles. The molecule has 3 unspecified atom stereocenters. The van der Waals surface area contributed by atoms with Crippen molar-refractivity contribution in [2.75, 3.05) is 13.2 Å². The molecule has 0 spiro atoms. The third-order valence-electron chi connectivity index (χ3n) is 3.33. The molecule has 0 aliphatic heterocycles. The van der Waals surface area contributed by atoms with Crippen LogP contribution in [0.25, 0.3) is 0 Å². The Hall–Kier alpha value is -0.940. The summed E-state index contributed by atoms with van der Waals surface area (Å²) in [4.78, 5) is 0. The number of benzene rings is 1. The summed E-state index contributed by atoms with van der Waals surface area (Å²) >= 11 is 0. The van der Waals surface area contributed by atoms with E-state index in [1.807, 2.05) is 18.2 Å². The van der Waals surface area contributed by atoms with Crippen LogP contribution in [0.3, 0.4) is 0 Å². The van der Waals surface area contributed by atoms with Gasteiger partial charge in [0.2, 0.25) is 0 Å². The van der Waals surface area contributed by atoms with Crippen LogP contribution >= 0.6 is 0 Å². The smallest absolute Gasteiger partial charge is 0.0973 e. The van der Waals surface area contributed by atoms with Crippen LogP contribution in [0.1, 0.15) is 36.6 Å². The van der Waals surface area contributed by atoms with Gasteiger partial charge < -0.3 is 21.3 Å². The summed E-state index contributed by atoms with van der Waals surface area (Å²) in [5.41, 5.74) is 7.35. The number of nitrogens with two attached hydrogens (primary N) is 1. The van der Waals surface area contributed by atoms with Gasteiger partial charge in [0.1, 0.15) is 0 Å². The fraction of sp³-hybridized carbons (Fsp3) is 0.538. The molecule has 5 N–H and O–H groups in total. The molecule has 4 nitrogen and oxygen atoms in total. The second-order valence-corrected chi connectivity index (χ2v) is 5.06. The molecular weight excluding hydrogens is 216 g/mol. The molecule has 1 aliphatic rings. The normalized spacial score (nSPS) is 26.6. The van der Waals surface area contributed by atoms with Crippen molar-refractivity contribution in [3.05, 3.63) is 35.4 Å². The van der Waals surface area contributed by atoms with Crippen molar-refractivity contribution in [3.8, 4) is 0 Å². The molecule has 0 radical (unpaired) electrons. The molecule has 0 amide bonds. The first kappa shape index (κ1) is 12.5. The van der Waals surface area contributed by atoms with Gasteiger partial charge in [-0.3, -0.25) is 0 Å². The number of aliphatic hydroxyl groups excluding tert-OH is 1. The highest BCUT2D eigenvalue weighted by Crippen LogP contribution is 2.36. The van der Waals surface area contributed by atoms with Crippen molar-refractivity contribution in [2.24, 2.45) is 5.73 Å². The quantitative estimate of drug-likeness (QED) is 0.612. The maximum atomic E-state index is 9.75. The highest BCUT2D eigenvalue weighted by atomic mass is 16.3. The first-order valence-corrected chi connectivity index (χ1v) is 5.94. The number of hydrogen-bond donors (Lipinski definition) is 4. The SMILES string of the molecule is CC(O)(CO)CNC1CC(N)c2ccccc21. The van der Waals surface area contributed by atoms with Crippen molar-refractivity contribution >= 4 is 0 Å². The molecule has 1 aliphatic carbocycles. The Morgan fingerprint density at radius 2 is 2.06 bits per heavy atom. The standard InChI is InChI=1S/C13H20N2O2/c1-13(17,8-16)7-15-12-6-11(14)9-4-2-3-5-10(9)12/h2-5,11-12,15-17H,6-8,14H2,1H3. The van der Waals surface area contributed by atoms with Gasteiger partial charge in [-0.15, -0.1) is 0 Å². The predicted octanol–water partition coefficient (Wildman–Crippen LogP) is 0.464. The molecule has 4 heteroatoms. The Bertz CT molecular complexity index is 393. The van der Waals surface area contributed by atoms with Crippen molar-refractivity contribution in [1.82, 2.24) is 5.32 Å². The van der Waals surface area contributed by atoms with E-state index in [4.69, 9.17) is 10.8 Å². The zero-order chi connectivity index (χ0) is 12.5. The molecule has 0 fully saturated rings. The van der Waals surface area contributed by atoms with Gasteiger partial charge in [-0.1, -0.05) is 24.3 Å². The largest absolute Gasteiger partial charge is 0.393 e. The van der Waals surface area contributed by atoms with E-state index in [2.05, 4.69) is 11.4 Å². The minimum atomic E-state index is -1.08. The molecule has 1 aromatic rings. The molecule has 2 rings (SSSR count). The topological polar surface area (TPSA) is 78.5 Å². The van der Waals surface area contributed by atoms with E-state index in [-0.39, 0.29) is 18.7 Å². The lowest BCUT2D eigenvalue weighted by Gasteiger charge is -2.24. The van der Waals surface area contributed by atoms with E-state index < -0.39 is 5.60 Å². The third-order valence-corrected chi connectivity index (χ3v) is 3.33. The lowest BCUT2D eigenvalue weighted by atomic mass is 10.1. The number of fused-ring (bicyclic) bond motifs is 1. The van der Waals surface area contributed by atoms with Crippen LogP contribution in [0.2, 0.25) is 0 Å². The second-order valence-electron chi connectivity index (χ2n) is 5.06. The fourth-order valence-corrected chi connectivity index (χ4v) is 2.27. The summed E-state index contributed by atoms with van der Waals surface area (Å²) in [6.07, 6.45) is 0.834. The average molecular weight is 236 g/mol. The van der Waals surface area contributed by atoms with E-state index in [1.165, 1.54) is 11.1 Å². The summed E-state index contributed by atoms with van der Waals surface area (Å²) < 4.78 is 0. The minimum absolute atomic E-state index is 0.0581. The molecule has 0 aromatic heterocycles. The van der Waals surface area contributed by atoms with Gasteiger partial charge in [-0.25, -0.2) is 0 Å². The van der Waals surface area contributed by atoms with Crippen LogP contribution in [0.4, 0.5) is 0 Å². The van der Waals surface area contributed by atoms with Crippen molar-refractivity contribution in [3.63, 3.8) is 0 Å². The maximum Gasteiger partial charge on any atom is 0.0973 e. The van der Waals surface area contributed by atoms with Crippen LogP contribution in [-0.4, -0.2) is 29.0 Å². The van der Waals surface area contributed by atoms with Gasteiger partial charge in [0, 0.05) is 18.6 Å². The minimum Gasteiger partial charge on any atom is -0.393 e. The van der Waals surface area contributed by atoms with Crippen LogP contribution in [0.5, 0.6) is 0 Å². The summed E-state index contributed by atoms with van der Waals surface area (Å²) in [7, 11) is 0. The van der Waals surface area contributed by atoms with Gasteiger partial charge in [0.25, 0.3) is 0 Å². The molecule has 0 bridgehead atoms. The van der Waals surface area contributed by atoms with Crippen molar-refractivity contribution < 1.29 is 10.2 Å². The molecule has 17 heavy (non-hydrogen) atoms. The Labute approximate surface area is 101 Å². The predicted molar refractivity (Wildman–Crippen MR) is 66.4 cm³/mol. The first-order valence-electron chi connectivity index (χ1n) is 5.94. The fourth-order valence-electron chi connectivity index (χ4n) is 2.27. The first-order chi connectivity index (χ1) is 8.03. The summed E-state index contributed by atoms with van der Waals surface area (Å²) in [5, 5.41) is 22.0. The van der Waals surface area contributed by atoms with Gasteiger partial charge >= 0.3 is 0 Å². The monoisotopic (exact) mass is 236 g/mol. The van der Waals surface area contributed by atoms with Crippen LogP contribution in [-0.2, 0) is 0 Å². The van der Waals surface area contributed by atoms with Crippen LogP contribution in [0, 0.1) is 0 Å². The molecule has 0 saturated heterocycles. The lowest BCUT2D eigenvalue weighted by molar-refractivity contribution is 0.000620. The highest BCUT2D eigenvalue weighted by Gasteiger charge is 2.29. The maximum absolute atomic E-state index is 9.75. The zero-order valence-corrected chi connectivity index (χ0v) is 10.1. The average Bonchev–Trinajstić information content (AvgIpc) is 2.65. The van der Waals surface area contributed by atoms with E-state index in [9.17, 15) is 5.11 Å². The van der Waals surface area contributed by atoms with Crippen molar-refractivity contribution in [1.29, 1.82) is 0 Å². The van der Waals surface area contributed by atoms with Crippen LogP contribution < -0.4 is 11.1 Å². The number of hydrogen-bond acceptors (Lipinski definition) is 4. The zero-order valence-electron chi connectivity index (χ0n) is 10.1. The molecule has 0 saturated carbocycles. The second kappa shape index (κ2) is 4.74. The highest BCUT2D eigenvalue weighted by molar-refractivity contribution is 5.37. The summed E-state index contributed by atoms with van der Waals surface area (Å²) in [6, 6.07) is 8.32. The number of rotatable bonds is 4. The Morgan fingerprint density at radius 1 is 1.41 bits per heavy atom. The molecule has 3 atom stereocenters. The summed E-state index contributed by atoms with van der Waals surface area (Å²) in [6.45, 7) is 1.72. The van der Waals surface area contributed by atoms with Gasteiger partial charge in [-0.2, -0.15) is 0 Å². The van der Waals surface area contributed by atoms with E-state index in [0.29, 0.717) is 6.54 Å². The van der Waals surface area contributed by atoms with Crippen LogP contribution in [0.15, 0.2) is 24.3 Å². The van der Waals surface area contributed by atoms with Gasteiger partial charge in [-0.05, 0) is 24.5 Å². The molecular formula is C13H20N2O2. The lowest BCUT2D eigenvalue weighted by Crippen LogP contribution is -2.42. The Kier molecular flexibility index (Phi) is 3.49. The van der Waals surface area contributed by atoms with Crippen molar-refractivity contribution in [2.45, 2.75) is 31.0 Å². The van der Waals surface area contributed by atoms with Gasteiger partial charge in [0.05, 0.1) is 12.2 Å². The number of aliphatic hydroxyl groups is 2. The Morgan fingerprint density at radius 3 is 2.71 bits per heavy atom. The van der Waals surface area contributed by atoms with E-state index in [0.717, 1.165) is 6.42 Å². The molecule has 94 valence electrons. The van der Waals surface area contributed by atoms with E-state index >= 15 is 0 Å². The molecule has 1 aromatic carbocycles. The van der Waals surface area contributed by atoms with E-state index in [1.54, 1.807) is 6.92 Å². The number of nitrogens with one attached hydrogen (secondary N) is 1. The summed E-state index contributed by atoms with van der Waals surface area (Å²) in [5.74, 6) is 0. The third kappa shape index (κ3) is 2.66. The Balaban J connectivity index is 2.05.